The smallest absolute Gasteiger partial charge is 0.0793 e. The molecule has 4 nitrogen and oxygen atoms in total. The van der Waals surface area contributed by atoms with Crippen molar-refractivity contribution in [1.82, 2.24) is 4.98 Å². The second-order valence-corrected chi connectivity index (χ2v) is 5.16. The first-order valence-corrected chi connectivity index (χ1v) is 6.02. The molecule has 0 aliphatic carbocycles. The van der Waals surface area contributed by atoms with Crippen molar-refractivity contribution >= 4 is 11.4 Å². The Balaban J connectivity index is 2.54. The molecule has 0 aliphatic heterocycles. The zero-order chi connectivity index (χ0) is 12.9. The second kappa shape index (κ2) is 5.87. The summed E-state index contributed by atoms with van der Waals surface area (Å²) in [6, 6.07) is 1.97. The minimum atomic E-state index is -0.691. The first-order chi connectivity index (χ1) is 7.93. The van der Waals surface area contributed by atoms with E-state index in [0.717, 1.165) is 17.8 Å². The molecule has 3 N–H and O–H groups in total. The van der Waals surface area contributed by atoms with Crippen LogP contribution >= 0.6 is 0 Å². The summed E-state index contributed by atoms with van der Waals surface area (Å²) in [6.07, 6.45) is 4.29. The molecule has 0 fully saturated rings. The van der Waals surface area contributed by atoms with E-state index in [1.165, 1.54) is 0 Å². The van der Waals surface area contributed by atoms with Gasteiger partial charge in [0.25, 0.3) is 0 Å². The maximum atomic E-state index is 10.2. The van der Waals surface area contributed by atoms with E-state index in [0.29, 0.717) is 12.5 Å². The SMILES string of the molecule is CNc1cncc(NCC(C)(O)CC(C)C)c1. The highest BCUT2D eigenvalue weighted by molar-refractivity contribution is 5.53. The van der Waals surface area contributed by atoms with Gasteiger partial charge < -0.3 is 15.7 Å². The van der Waals surface area contributed by atoms with Gasteiger partial charge in [-0.15, -0.1) is 0 Å². The van der Waals surface area contributed by atoms with Crippen LogP contribution in [0.3, 0.4) is 0 Å². The molecule has 0 spiro atoms. The fourth-order valence-electron chi connectivity index (χ4n) is 1.92. The molecule has 0 aliphatic rings. The van der Waals surface area contributed by atoms with E-state index in [1.807, 2.05) is 20.0 Å². The largest absolute Gasteiger partial charge is 0.388 e. The Kier molecular flexibility index (Phi) is 4.75. The molecule has 1 unspecified atom stereocenters. The summed E-state index contributed by atoms with van der Waals surface area (Å²) in [6.45, 7) is 6.60. The lowest BCUT2D eigenvalue weighted by Gasteiger charge is -2.26. The Hall–Kier alpha value is -1.29. The van der Waals surface area contributed by atoms with Crippen molar-refractivity contribution in [3.63, 3.8) is 0 Å². The molecule has 0 aromatic carbocycles. The Bertz CT molecular complexity index is 350. The van der Waals surface area contributed by atoms with E-state index < -0.39 is 5.60 Å². The molecule has 0 saturated heterocycles. The molecule has 1 aromatic heterocycles. The van der Waals surface area contributed by atoms with Crippen LogP contribution in [0, 0.1) is 5.92 Å². The number of hydrogen-bond donors (Lipinski definition) is 3. The van der Waals surface area contributed by atoms with Gasteiger partial charge in [0.1, 0.15) is 0 Å². The van der Waals surface area contributed by atoms with Crippen molar-refractivity contribution in [2.75, 3.05) is 24.2 Å². The van der Waals surface area contributed by atoms with E-state index in [1.54, 1.807) is 12.4 Å². The van der Waals surface area contributed by atoms with E-state index in [-0.39, 0.29) is 0 Å². The highest BCUT2D eigenvalue weighted by Crippen LogP contribution is 2.18. The van der Waals surface area contributed by atoms with Crippen molar-refractivity contribution in [1.29, 1.82) is 0 Å². The molecule has 0 radical (unpaired) electrons. The molecule has 1 aromatic rings. The summed E-state index contributed by atoms with van der Waals surface area (Å²) in [5.41, 5.74) is 1.18. The van der Waals surface area contributed by atoms with E-state index in [4.69, 9.17) is 0 Å². The summed E-state index contributed by atoms with van der Waals surface area (Å²) in [7, 11) is 1.86. The minimum absolute atomic E-state index is 0.480. The van der Waals surface area contributed by atoms with Gasteiger partial charge in [0.05, 0.1) is 29.4 Å². The lowest BCUT2D eigenvalue weighted by atomic mass is 9.94. The lowest BCUT2D eigenvalue weighted by molar-refractivity contribution is 0.0515. The van der Waals surface area contributed by atoms with Gasteiger partial charge in [-0.3, -0.25) is 4.98 Å². The molecule has 0 amide bonds. The maximum absolute atomic E-state index is 10.2. The topological polar surface area (TPSA) is 57.2 Å². The standard InChI is InChI=1S/C13H23N3O/c1-10(2)6-13(3,17)9-16-12-5-11(14-4)7-15-8-12/h5,7-8,10,14,16-17H,6,9H2,1-4H3. The average molecular weight is 237 g/mol. The molecule has 0 saturated carbocycles. The molecular weight excluding hydrogens is 214 g/mol. The quantitative estimate of drug-likeness (QED) is 0.711. The molecule has 17 heavy (non-hydrogen) atoms. The Morgan fingerprint density at radius 2 is 2.00 bits per heavy atom. The Morgan fingerprint density at radius 1 is 1.35 bits per heavy atom. The maximum Gasteiger partial charge on any atom is 0.0793 e. The van der Waals surface area contributed by atoms with Crippen molar-refractivity contribution < 1.29 is 5.11 Å². The minimum Gasteiger partial charge on any atom is -0.388 e. The van der Waals surface area contributed by atoms with Crippen LogP contribution in [0.2, 0.25) is 0 Å². The number of nitrogens with one attached hydrogen (secondary N) is 2. The summed E-state index contributed by atoms with van der Waals surface area (Å²) < 4.78 is 0. The van der Waals surface area contributed by atoms with Gasteiger partial charge in [-0.25, -0.2) is 0 Å². The van der Waals surface area contributed by atoms with Gasteiger partial charge in [-0.2, -0.15) is 0 Å². The van der Waals surface area contributed by atoms with Gasteiger partial charge in [0, 0.05) is 13.6 Å². The van der Waals surface area contributed by atoms with Crippen LogP contribution in [-0.4, -0.2) is 29.3 Å². The van der Waals surface area contributed by atoms with Gasteiger partial charge in [-0.05, 0) is 25.3 Å². The average Bonchev–Trinajstić information content (AvgIpc) is 2.25. The van der Waals surface area contributed by atoms with Crippen molar-refractivity contribution in [2.45, 2.75) is 32.8 Å². The van der Waals surface area contributed by atoms with Gasteiger partial charge in [-0.1, -0.05) is 13.8 Å². The van der Waals surface area contributed by atoms with Crippen LogP contribution in [0.15, 0.2) is 18.5 Å². The number of anilines is 2. The number of pyridine rings is 1. The normalized spacial score (nSPS) is 14.5. The molecular formula is C13H23N3O. The number of hydrogen-bond acceptors (Lipinski definition) is 4. The van der Waals surface area contributed by atoms with Crippen LogP contribution in [0.4, 0.5) is 11.4 Å². The highest BCUT2D eigenvalue weighted by atomic mass is 16.3. The van der Waals surface area contributed by atoms with Crippen LogP contribution < -0.4 is 10.6 Å². The van der Waals surface area contributed by atoms with Gasteiger partial charge in [0.2, 0.25) is 0 Å². The zero-order valence-corrected chi connectivity index (χ0v) is 11.1. The summed E-state index contributed by atoms with van der Waals surface area (Å²) in [4.78, 5) is 4.11. The monoisotopic (exact) mass is 237 g/mol. The third kappa shape index (κ3) is 5.04. The number of rotatable bonds is 6. The zero-order valence-electron chi connectivity index (χ0n) is 11.1. The van der Waals surface area contributed by atoms with Gasteiger partial charge >= 0.3 is 0 Å². The van der Waals surface area contributed by atoms with Crippen LogP contribution in [0.5, 0.6) is 0 Å². The third-order valence-corrected chi connectivity index (χ3v) is 2.55. The molecule has 1 heterocycles. The molecule has 96 valence electrons. The summed E-state index contributed by atoms with van der Waals surface area (Å²) >= 11 is 0. The van der Waals surface area contributed by atoms with E-state index in [2.05, 4.69) is 29.5 Å². The predicted molar refractivity (Wildman–Crippen MR) is 72.4 cm³/mol. The Morgan fingerprint density at radius 3 is 2.59 bits per heavy atom. The summed E-state index contributed by atoms with van der Waals surface area (Å²) in [5, 5.41) is 16.4. The van der Waals surface area contributed by atoms with E-state index in [9.17, 15) is 5.11 Å². The Labute approximate surface area is 103 Å². The van der Waals surface area contributed by atoms with Crippen LogP contribution in [0.1, 0.15) is 27.2 Å². The fourth-order valence-corrected chi connectivity index (χ4v) is 1.92. The molecule has 4 heteroatoms. The third-order valence-electron chi connectivity index (χ3n) is 2.55. The first-order valence-electron chi connectivity index (χ1n) is 6.02. The molecule has 1 atom stereocenters. The first kappa shape index (κ1) is 13.8. The summed E-state index contributed by atoms with van der Waals surface area (Å²) in [5.74, 6) is 0.480. The number of nitrogens with zero attached hydrogens (tertiary/aromatic N) is 1. The van der Waals surface area contributed by atoms with E-state index >= 15 is 0 Å². The fraction of sp³-hybridized carbons (Fsp3) is 0.615. The number of aliphatic hydroxyl groups is 1. The highest BCUT2D eigenvalue weighted by Gasteiger charge is 2.21. The van der Waals surface area contributed by atoms with Crippen molar-refractivity contribution in [3.05, 3.63) is 18.5 Å². The number of aromatic nitrogens is 1. The van der Waals surface area contributed by atoms with Crippen molar-refractivity contribution in [2.24, 2.45) is 5.92 Å². The lowest BCUT2D eigenvalue weighted by Crippen LogP contribution is -2.34. The molecule has 0 bridgehead atoms. The van der Waals surface area contributed by atoms with Crippen LogP contribution in [0.25, 0.3) is 0 Å². The van der Waals surface area contributed by atoms with Crippen LogP contribution in [-0.2, 0) is 0 Å². The molecule has 1 rings (SSSR count). The van der Waals surface area contributed by atoms with Crippen molar-refractivity contribution in [3.8, 4) is 0 Å². The predicted octanol–water partition coefficient (Wildman–Crippen LogP) is 2.33. The van der Waals surface area contributed by atoms with Gasteiger partial charge in [0.15, 0.2) is 0 Å². The second-order valence-electron chi connectivity index (χ2n) is 5.16.